The molecule has 0 aromatic carbocycles. The molecule has 0 radical (unpaired) electrons. The van der Waals surface area contributed by atoms with Crippen molar-refractivity contribution >= 4 is 17.6 Å². The molecule has 0 amide bonds. The highest BCUT2D eigenvalue weighted by Gasteiger charge is 2.03. The first-order valence-corrected chi connectivity index (χ1v) is 5.55. The lowest BCUT2D eigenvalue weighted by molar-refractivity contribution is 0.790. The molecule has 0 unspecified atom stereocenters. The summed E-state index contributed by atoms with van der Waals surface area (Å²) in [5.41, 5.74) is 6.79. The lowest BCUT2D eigenvalue weighted by atomic mass is 10.3. The zero-order valence-corrected chi connectivity index (χ0v) is 9.24. The van der Waals surface area contributed by atoms with Crippen LogP contribution in [0.25, 0.3) is 0 Å². The number of nitrogens with zero attached hydrogens (tertiary/aromatic N) is 3. The summed E-state index contributed by atoms with van der Waals surface area (Å²) in [7, 11) is 1.97. The van der Waals surface area contributed by atoms with Crippen molar-refractivity contribution in [3.8, 4) is 0 Å². The lowest BCUT2D eigenvalue weighted by Gasteiger charge is -2.03. The lowest BCUT2D eigenvalue weighted by Crippen LogP contribution is -1.96. The third-order valence-electron chi connectivity index (χ3n) is 2.06. The molecule has 4 nitrogen and oxygen atoms in total. The maximum absolute atomic E-state index is 5.75. The highest BCUT2D eigenvalue weighted by Crippen LogP contribution is 2.22. The Balaban J connectivity index is 2.06. The van der Waals surface area contributed by atoms with E-state index in [0.29, 0.717) is 5.82 Å². The number of aromatic nitrogens is 3. The van der Waals surface area contributed by atoms with Crippen LogP contribution in [0.15, 0.2) is 35.9 Å². The first-order chi connectivity index (χ1) is 7.27. The number of pyridine rings is 1. The summed E-state index contributed by atoms with van der Waals surface area (Å²) in [5.74, 6) is 1.39. The number of anilines is 1. The summed E-state index contributed by atoms with van der Waals surface area (Å²) >= 11 is 1.65. The predicted octanol–water partition coefficient (Wildman–Crippen LogP) is 1.69. The molecule has 2 N–H and O–H groups in total. The minimum absolute atomic E-state index is 0.596. The summed E-state index contributed by atoms with van der Waals surface area (Å²) in [5, 5.41) is 0.984. The first kappa shape index (κ1) is 10.0. The van der Waals surface area contributed by atoms with E-state index >= 15 is 0 Å². The van der Waals surface area contributed by atoms with Crippen molar-refractivity contribution in [2.75, 3.05) is 5.73 Å². The standard InChI is InChI=1S/C10H12N4S/c1-14-6-5-13-10(14)15-7-8-3-2-4-12-9(8)11/h2-6H,7H2,1H3,(H2,11,12). The Labute approximate surface area is 92.5 Å². The van der Waals surface area contributed by atoms with Gasteiger partial charge in [0.05, 0.1) is 0 Å². The topological polar surface area (TPSA) is 56.7 Å². The molecule has 0 aliphatic rings. The highest BCUT2D eigenvalue weighted by molar-refractivity contribution is 7.98. The van der Waals surface area contributed by atoms with E-state index in [1.165, 1.54) is 0 Å². The largest absolute Gasteiger partial charge is 0.383 e. The van der Waals surface area contributed by atoms with Gasteiger partial charge in [0.1, 0.15) is 5.82 Å². The predicted molar refractivity (Wildman–Crippen MR) is 61.4 cm³/mol. The van der Waals surface area contributed by atoms with Crippen LogP contribution in [-0.2, 0) is 12.8 Å². The summed E-state index contributed by atoms with van der Waals surface area (Å²) in [4.78, 5) is 8.26. The maximum Gasteiger partial charge on any atom is 0.167 e. The average molecular weight is 220 g/mol. The fraction of sp³-hybridized carbons (Fsp3) is 0.200. The van der Waals surface area contributed by atoms with Gasteiger partial charge in [-0.05, 0) is 6.07 Å². The highest BCUT2D eigenvalue weighted by atomic mass is 32.2. The third kappa shape index (κ3) is 2.30. The van der Waals surface area contributed by atoms with Crippen LogP contribution in [0.1, 0.15) is 5.56 Å². The molecule has 2 rings (SSSR count). The second-order valence-electron chi connectivity index (χ2n) is 3.16. The van der Waals surface area contributed by atoms with Gasteiger partial charge in [-0.3, -0.25) is 0 Å². The number of nitrogen functional groups attached to an aromatic ring is 1. The molecule has 0 aliphatic carbocycles. The Bertz CT molecular complexity index is 452. The van der Waals surface area contributed by atoms with Gasteiger partial charge >= 0.3 is 0 Å². The first-order valence-electron chi connectivity index (χ1n) is 4.57. The van der Waals surface area contributed by atoms with Crippen molar-refractivity contribution in [3.63, 3.8) is 0 Å². The van der Waals surface area contributed by atoms with E-state index in [2.05, 4.69) is 9.97 Å². The van der Waals surface area contributed by atoms with E-state index < -0.39 is 0 Å². The van der Waals surface area contributed by atoms with Crippen LogP contribution in [0.3, 0.4) is 0 Å². The Morgan fingerprint density at radius 2 is 2.27 bits per heavy atom. The van der Waals surface area contributed by atoms with Crippen molar-refractivity contribution in [1.29, 1.82) is 0 Å². The molecule has 2 aromatic heterocycles. The summed E-state index contributed by atoms with van der Waals surface area (Å²) in [6.07, 6.45) is 5.41. The summed E-state index contributed by atoms with van der Waals surface area (Å²) in [6, 6.07) is 3.88. The van der Waals surface area contributed by atoms with Gasteiger partial charge in [0.15, 0.2) is 5.16 Å². The van der Waals surface area contributed by atoms with Gasteiger partial charge < -0.3 is 10.3 Å². The number of hydrogen-bond donors (Lipinski definition) is 1. The molecule has 2 aromatic rings. The molecule has 0 saturated heterocycles. The quantitative estimate of drug-likeness (QED) is 0.800. The molecule has 0 bridgehead atoms. The smallest absolute Gasteiger partial charge is 0.167 e. The molecule has 0 fully saturated rings. The van der Waals surface area contributed by atoms with Crippen molar-refractivity contribution in [2.24, 2.45) is 7.05 Å². The third-order valence-corrected chi connectivity index (χ3v) is 3.17. The van der Waals surface area contributed by atoms with Crippen LogP contribution in [0, 0.1) is 0 Å². The van der Waals surface area contributed by atoms with Crippen molar-refractivity contribution in [1.82, 2.24) is 14.5 Å². The fourth-order valence-electron chi connectivity index (χ4n) is 1.21. The van der Waals surface area contributed by atoms with E-state index in [1.807, 2.05) is 29.9 Å². The average Bonchev–Trinajstić information content (AvgIpc) is 2.63. The van der Waals surface area contributed by atoms with E-state index in [1.54, 1.807) is 24.2 Å². The van der Waals surface area contributed by atoms with Crippen molar-refractivity contribution < 1.29 is 0 Å². The fourth-order valence-corrected chi connectivity index (χ4v) is 2.13. The summed E-state index contributed by atoms with van der Waals surface area (Å²) < 4.78 is 1.98. The number of imidazole rings is 1. The van der Waals surface area contributed by atoms with Gasteiger partial charge in [0, 0.05) is 37.0 Å². The van der Waals surface area contributed by atoms with Crippen LogP contribution in [-0.4, -0.2) is 14.5 Å². The minimum Gasteiger partial charge on any atom is -0.383 e. The number of aryl methyl sites for hydroxylation is 1. The second-order valence-corrected chi connectivity index (χ2v) is 4.10. The zero-order chi connectivity index (χ0) is 10.7. The number of hydrogen-bond acceptors (Lipinski definition) is 4. The zero-order valence-electron chi connectivity index (χ0n) is 8.42. The molecular formula is C10H12N4S. The number of nitrogens with two attached hydrogens (primary N) is 1. The summed E-state index contributed by atoms with van der Waals surface area (Å²) in [6.45, 7) is 0. The SMILES string of the molecule is Cn1ccnc1SCc1cccnc1N. The molecular weight excluding hydrogens is 208 g/mol. The van der Waals surface area contributed by atoms with E-state index in [-0.39, 0.29) is 0 Å². The van der Waals surface area contributed by atoms with Gasteiger partial charge in [0.25, 0.3) is 0 Å². The van der Waals surface area contributed by atoms with Crippen molar-refractivity contribution in [2.45, 2.75) is 10.9 Å². The van der Waals surface area contributed by atoms with Crippen LogP contribution in [0.2, 0.25) is 0 Å². The Hall–Kier alpha value is -1.49. The van der Waals surface area contributed by atoms with Crippen molar-refractivity contribution in [3.05, 3.63) is 36.3 Å². The monoisotopic (exact) mass is 220 g/mol. The Morgan fingerprint density at radius 3 is 2.93 bits per heavy atom. The van der Waals surface area contributed by atoms with Gasteiger partial charge in [-0.1, -0.05) is 17.8 Å². The molecule has 15 heavy (non-hydrogen) atoms. The van der Waals surface area contributed by atoms with Gasteiger partial charge in [-0.25, -0.2) is 9.97 Å². The van der Waals surface area contributed by atoms with Gasteiger partial charge in [0.2, 0.25) is 0 Å². The van der Waals surface area contributed by atoms with Gasteiger partial charge in [-0.15, -0.1) is 0 Å². The molecule has 0 aliphatic heterocycles. The van der Waals surface area contributed by atoms with Gasteiger partial charge in [-0.2, -0.15) is 0 Å². The normalized spacial score (nSPS) is 10.5. The van der Waals surface area contributed by atoms with Crippen LogP contribution < -0.4 is 5.73 Å². The van der Waals surface area contributed by atoms with E-state index in [4.69, 9.17) is 5.73 Å². The molecule has 0 spiro atoms. The van der Waals surface area contributed by atoms with Crippen LogP contribution in [0.4, 0.5) is 5.82 Å². The molecule has 78 valence electrons. The molecule has 0 saturated carbocycles. The molecule has 2 heterocycles. The number of thioether (sulfide) groups is 1. The molecule has 5 heteroatoms. The maximum atomic E-state index is 5.75. The second kappa shape index (κ2) is 4.35. The van der Waals surface area contributed by atoms with E-state index in [9.17, 15) is 0 Å². The Morgan fingerprint density at radius 1 is 1.40 bits per heavy atom. The number of rotatable bonds is 3. The Kier molecular flexibility index (Phi) is 2.91. The van der Waals surface area contributed by atoms with Crippen LogP contribution in [0.5, 0.6) is 0 Å². The minimum atomic E-state index is 0.596. The van der Waals surface area contributed by atoms with E-state index in [0.717, 1.165) is 16.5 Å². The van der Waals surface area contributed by atoms with Crippen LogP contribution >= 0.6 is 11.8 Å². The molecule has 0 atom stereocenters.